The average Bonchev–Trinajstić information content (AvgIpc) is 3.64. The van der Waals surface area contributed by atoms with Crippen molar-refractivity contribution >= 4 is 11.1 Å². The first-order valence-corrected chi connectivity index (χ1v) is 13.7. The monoisotopic (exact) mass is 522 g/mol. The number of aromatic hydroxyl groups is 1. The predicted octanol–water partition coefficient (Wildman–Crippen LogP) is 7.22. The van der Waals surface area contributed by atoms with E-state index in [9.17, 15) is 5.11 Å². The van der Waals surface area contributed by atoms with Crippen LogP contribution in [0, 0.1) is 5.92 Å². The summed E-state index contributed by atoms with van der Waals surface area (Å²) in [6, 6.07) is 23.8. The lowest BCUT2D eigenvalue weighted by atomic mass is 9.85. The molecule has 1 unspecified atom stereocenters. The van der Waals surface area contributed by atoms with E-state index >= 15 is 0 Å². The van der Waals surface area contributed by atoms with Gasteiger partial charge in [0, 0.05) is 35.4 Å². The number of rotatable bonds is 7. The molecule has 39 heavy (non-hydrogen) atoms. The summed E-state index contributed by atoms with van der Waals surface area (Å²) in [5.74, 6) is 3.34. The van der Waals surface area contributed by atoms with Gasteiger partial charge in [-0.25, -0.2) is 0 Å². The zero-order valence-electron chi connectivity index (χ0n) is 22.6. The highest BCUT2D eigenvalue weighted by atomic mass is 16.5. The molecular weight excluding hydrogens is 488 g/mol. The fraction of sp³-hybridized carbons (Fsp3) is 0.303. The third-order valence-corrected chi connectivity index (χ3v) is 7.93. The van der Waals surface area contributed by atoms with Crippen LogP contribution in [0.1, 0.15) is 50.0 Å². The summed E-state index contributed by atoms with van der Waals surface area (Å²) in [6.45, 7) is 9.62. The minimum Gasteiger partial charge on any atom is -0.508 e. The van der Waals surface area contributed by atoms with Gasteiger partial charge >= 0.3 is 0 Å². The third kappa shape index (κ3) is 5.17. The number of nitrogens with zero attached hydrogens (tertiary/aromatic N) is 2. The lowest BCUT2D eigenvalue weighted by molar-refractivity contribution is 0.169. The smallest absolute Gasteiger partial charge is 0.166 e. The van der Waals surface area contributed by atoms with Crippen molar-refractivity contribution in [2.45, 2.75) is 39.3 Å². The second-order valence-electron chi connectivity index (χ2n) is 10.8. The third-order valence-electron chi connectivity index (χ3n) is 7.93. The Labute approximate surface area is 229 Å². The number of benzene rings is 3. The molecule has 1 N–H and O–H groups in total. The van der Waals surface area contributed by atoms with Crippen molar-refractivity contribution in [1.82, 2.24) is 10.1 Å². The van der Waals surface area contributed by atoms with Crippen LogP contribution < -0.4 is 9.47 Å². The molecule has 1 fully saturated rings. The number of phenols is 1. The maximum Gasteiger partial charge on any atom is 0.166 e. The van der Waals surface area contributed by atoms with Gasteiger partial charge in [-0.15, -0.1) is 0 Å². The highest BCUT2D eigenvalue weighted by Gasteiger charge is 2.30. The Bertz CT molecular complexity index is 1480. The molecule has 0 radical (unpaired) electrons. The van der Waals surface area contributed by atoms with Gasteiger partial charge in [0.15, 0.2) is 5.76 Å². The highest BCUT2D eigenvalue weighted by Crippen LogP contribution is 2.48. The second-order valence-corrected chi connectivity index (χ2v) is 10.8. The van der Waals surface area contributed by atoms with Gasteiger partial charge in [-0.05, 0) is 91.9 Å². The number of hydrogen-bond acceptors (Lipinski definition) is 6. The normalized spacial score (nSPS) is 20.0. The lowest BCUT2D eigenvalue weighted by Gasteiger charge is -2.31. The molecule has 2 aliphatic rings. The summed E-state index contributed by atoms with van der Waals surface area (Å²) in [5, 5.41) is 14.1. The van der Waals surface area contributed by atoms with E-state index in [1.165, 1.54) is 6.42 Å². The van der Waals surface area contributed by atoms with Crippen LogP contribution in [0.2, 0.25) is 0 Å². The van der Waals surface area contributed by atoms with Gasteiger partial charge in [-0.2, -0.15) is 0 Å². The number of phenolic OH excluding ortho intramolecular Hbond substituents is 1. The van der Waals surface area contributed by atoms with Crippen molar-refractivity contribution in [2.24, 2.45) is 5.92 Å². The predicted molar refractivity (Wildman–Crippen MR) is 153 cm³/mol. The van der Waals surface area contributed by atoms with Crippen LogP contribution in [-0.4, -0.2) is 40.9 Å². The number of ether oxygens (including phenoxy) is 2. The van der Waals surface area contributed by atoms with Crippen LogP contribution in [0.3, 0.4) is 0 Å². The Hall–Kier alpha value is -4.03. The number of likely N-dealkylation sites (tertiary alicyclic amines) is 1. The van der Waals surface area contributed by atoms with E-state index in [0.29, 0.717) is 18.4 Å². The van der Waals surface area contributed by atoms with E-state index in [-0.39, 0.29) is 11.9 Å². The first-order valence-electron chi connectivity index (χ1n) is 13.7. The zero-order chi connectivity index (χ0) is 26.9. The van der Waals surface area contributed by atoms with Crippen LogP contribution in [0.5, 0.6) is 17.2 Å². The van der Waals surface area contributed by atoms with E-state index in [2.05, 4.69) is 49.0 Å². The van der Waals surface area contributed by atoms with Crippen molar-refractivity contribution in [3.8, 4) is 28.6 Å². The summed E-state index contributed by atoms with van der Waals surface area (Å²) in [5.41, 5.74) is 5.96. The molecule has 0 amide bonds. The molecule has 3 aromatic carbocycles. The molecule has 2 aliphatic heterocycles. The Morgan fingerprint density at radius 2 is 1.90 bits per heavy atom. The second kappa shape index (κ2) is 10.6. The van der Waals surface area contributed by atoms with Crippen LogP contribution in [-0.2, 0) is 0 Å². The zero-order valence-corrected chi connectivity index (χ0v) is 22.6. The van der Waals surface area contributed by atoms with Gasteiger partial charge in [-0.1, -0.05) is 36.3 Å². The molecule has 3 heterocycles. The molecule has 6 nitrogen and oxygen atoms in total. The van der Waals surface area contributed by atoms with E-state index in [4.69, 9.17) is 14.0 Å². The van der Waals surface area contributed by atoms with E-state index in [0.717, 1.165) is 63.9 Å². The maximum atomic E-state index is 10.3. The Morgan fingerprint density at radius 1 is 1.05 bits per heavy atom. The van der Waals surface area contributed by atoms with E-state index < -0.39 is 0 Å². The van der Waals surface area contributed by atoms with Crippen LogP contribution in [0.15, 0.2) is 83.5 Å². The SMILES string of the molecule is CC1=C(c2cccc(O)c2)C(c2ccc(OC[C@H](C)N3CC[C@@H](C)C3)cc2)Oc2ccc(-c3ccno3)cc21. The number of hydrogen-bond donors (Lipinski definition) is 1. The van der Waals surface area contributed by atoms with Crippen LogP contribution in [0.4, 0.5) is 0 Å². The molecule has 0 saturated carbocycles. The van der Waals surface area contributed by atoms with E-state index in [1.807, 2.05) is 42.5 Å². The quantitative estimate of drug-likeness (QED) is 0.276. The molecule has 0 spiro atoms. The van der Waals surface area contributed by atoms with Crippen molar-refractivity contribution in [3.05, 3.63) is 95.7 Å². The topological polar surface area (TPSA) is 68.0 Å². The molecule has 0 bridgehead atoms. The lowest BCUT2D eigenvalue weighted by Crippen LogP contribution is -2.35. The van der Waals surface area contributed by atoms with Gasteiger partial charge in [0.25, 0.3) is 0 Å². The molecule has 6 rings (SSSR count). The van der Waals surface area contributed by atoms with Gasteiger partial charge in [0.05, 0.1) is 6.20 Å². The first-order chi connectivity index (χ1) is 19.0. The first kappa shape index (κ1) is 25.3. The van der Waals surface area contributed by atoms with Crippen molar-refractivity contribution in [3.63, 3.8) is 0 Å². The Balaban J connectivity index is 1.29. The molecule has 1 aromatic heterocycles. The molecule has 0 aliphatic carbocycles. The summed E-state index contributed by atoms with van der Waals surface area (Å²) < 4.78 is 18.2. The highest BCUT2D eigenvalue weighted by molar-refractivity contribution is 5.96. The molecular formula is C33H34N2O4. The van der Waals surface area contributed by atoms with Gasteiger partial charge < -0.3 is 19.1 Å². The average molecular weight is 523 g/mol. The Kier molecular flexibility index (Phi) is 6.88. The summed E-state index contributed by atoms with van der Waals surface area (Å²) in [6.07, 6.45) is 2.57. The molecule has 3 atom stereocenters. The van der Waals surface area contributed by atoms with Crippen LogP contribution >= 0.6 is 0 Å². The Morgan fingerprint density at radius 3 is 2.62 bits per heavy atom. The standard InChI is InChI=1S/C33H34N2O4/c1-21-14-16-35(19-21)22(2)20-37-28-10-7-24(8-11-28)33-32(26-5-4-6-27(36)17-26)23(3)29-18-25(9-12-31(29)38-33)30-13-15-34-39-30/h4-13,15,17-18,21-22,33,36H,14,16,19-20H2,1-3H3/t21-,22+,33?/m1/s1. The van der Waals surface area contributed by atoms with Gasteiger partial charge in [0.1, 0.15) is 30.0 Å². The minimum atomic E-state index is -0.338. The van der Waals surface area contributed by atoms with E-state index in [1.54, 1.807) is 18.3 Å². The van der Waals surface area contributed by atoms with Gasteiger partial charge in [-0.3, -0.25) is 4.90 Å². The van der Waals surface area contributed by atoms with Crippen molar-refractivity contribution < 1.29 is 19.1 Å². The maximum absolute atomic E-state index is 10.3. The fourth-order valence-electron chi connectivity index (χ4n) is 5.68. The van der Waals surface area contributed by atoms with Crippen molar-refractivity contribution in [1.29, 1.82) is 0 Å². The van der Waals surface area contributed by atoms with Crippen molar-refractivity contribution in [2.75, 3.05) is 19.7 Å². The summed E-state index contributed by atoms with van der Waals surface area (Å²) in [7, 11) is 0. The number of aromatic nitrogens is 1. The summed E-state index contributed by atoms with van der Waals surface area (Å²) >= 11 is 0. The molecule has 200 valence electrons. The number of allylic oxidation sites excluding steroid dienone is 1. The fourth-order valence-corrected chi connectivity index (χ4v) is 5.68. The van der Waals surface area contributed by atoms with Crippen LogP contribution in [0.25, 0.3) is 22.5 Å². The largest absolute Gasteiger partial charge is 0.508 e. The molecule has 6 heteroatoms. The number of fused-ring (bicyclic) bond motifs is 1. The minimum absolute atomic E-state index is 0.220. The summed E-state index contributed by atoms with van der Waals surface area (Å²) in [4.78, 5) is 2.51. The van der Waals surface area contributed by atoms with Gasteiger partial charge in [0.2, 0.25) is 0 Å². The molecule has 1 saturated heterocycles. The molecule has 4 aromatic rings.